The maximum atomic E-state index is 12.2. The average molecular weight is 480 g/mol. The highest BCUT2D eigenvalue weighted by atomic mass is 79.9. The summed E-state index contributed by atoms with van der Waals surface area (Å²) in [6.07, 6.45) is 0. The highest BCUT2D eigenvalue weighted by molar-refractivity contribution is 9.10. The second-order valence-electron chi connectivity index (χ2n) is 7.73. The summed E-state index contributed by atoms with van der Waals surface area (Å²) in [5.41, 5.74) is 1.15. The van der Waals surface area contributed by atoms with E-state index in [1.54, 1.807) is 4.57 Å². The van der Waals surface area contributed by atoms with Crippen LogP contribution in [0.25, 0.3) is 21.7 Å². The van der Waals surface area contributed by atoms with Gasteiger partial charge in [-0.1, -0.05) is 60.1 Å². The van der Waals surface area contributed by atoms with Crippen LogP contribution in [-0.2, 0) is 11.3 Å². The summed E-state index contributed by atoms with van der Waals surface area (Å²) in [7, 11) is 0. The molecule has 1 aromatic heterocycles. The van der Waals surface area contributed by atoms with E-state index in [-0.39, 0.29) is 12.5 Å². The molecule has 31 heavy (non-hydrogen) atoms. The molecule has 0 atom stereocenters. The van der Waals surface area contributed by atoms with E-state index in [0.29, 0.717) is 23.9 Å². The van der Waals surface area contributed by atoms with E-state index in [2.05, 4.69) is 40.0 Å². The number of carbonyl (C=O) groups is 1. The summed E-state index contributed by atoms with van der Waals surface area (Å²) >= 11 is 3.45. The lowest BCUT2D eigenvalue weighted by Gasteiger charge is -2.09. The Morgan fingerprint density at radius 2 is 1.84 bits per heavy atom. The Hall–Kier alpha value is -3.19. The Balaban J connectivity index is 1.50. The van der Waals surface area contributed by atoms with Gasteiger partial charge >= 0.3 is 5.91 Å². The van der Waals surface area contributed by atoms with Gasteiger partial charge in [0.15, 0.2) is 12.3 Å². The van der Waals surface area contributed by atoms with Crippen molar-refractivity contribution in [3.8, 4) is 11.6 Å². The quantitative estimate of drug-likeness (QED) is 0.316. The number of aromatic hydroxyl groups is 1. The van der Waals surface area contributed by atoms with E-state index in [1.807, 2.05) is 60.7 Å². The minimum absolute atomic E-state index is 0.00746. The first kappa shape index (κ1) is 21.1. The molecule has 0 spiro atoms. The smallest absolute Gasteiger partial charge is 0.302 e. The SMILES string of the molecule is CC(C)Cn1c(O)c(N=NC(=O)COc2ccc3cc(Br)ccc3c2)c2ccccc21. The molecule has 1 N–H and O–H groups in total. The summed E-state index contributed by atoms with van der Waals surface area (Å²) in [6, 6.07) is 19.1. The first-order valence-electron chi connectivity index (χ1n) is 9.99. The number of nitrogens with zero attached hydrogens (tertiary/aromatic N) is 3. The van der Waals surface area contributed by atoms with Crippen molar-refractivity contribution in [3.05, 3.63) is 65.1 Å². The molecular formula is C24H22BrN3O3. The molecule has 1 heterocycles. The first-order chi connectivity index (χ1) is 14.9. The molecule has 0 aliphatic carbocycles. The van der Waals surface area contributed by atoms with Gasteiger partial charge in [-0.3, -0.25) is 4.79 Å². The number of carbonyl (C=O) groups excluding carboxylic acids is 1. The fraction of sp³-hybridized carbons (Fsp3) is 0.208. The average Bonchev–Trinajstić information content (AvgIpc) is 3.01. The van der Waals surface area contributed by atoms with Crippen LogP contribution in [0.3, 0.4) is 0 Å². The molecule has 0 saturated carbocycles. The number of benzene rings is 3. The number of hydrogen-bond acceptors (Lipinski definition) is 4. The Kier molecular flexibility index (Phi) is 6.04. The van der Waals surface area contributed by atoms with Gasteiger partial charge in [0.25, 0.3) is 0 Å². The Bertz CT molecular complexity index is 1290. The lowest BCUT2D eigenvalue weighted by Crippen LogP contribution is -2.07. The monoisotopic (exact) mass is 479 g/mol. The van der Waals surface area contributed by atoms with Crippen LogP contribution in [0.2, 0.25) is 0 Å². The van der Waals surface area contributed by atoms with Gasteiger partial charge in [0.05, 0.1) is 5.52 Å². The largest absolute Gasteiger partial charge is 0.493 e. The Labute approximate surface area is 188 Å². The molecule has 0 saturated heterocycles. The maximum absolute atomic E-state index is 12.2. The van der Waals surface area contributed by atoms with Crippen molar-refractivity contribution in [1.82, 2.24) is 4.57 Å². The van der Waals surface area contributed by atoms with Gasteiger partial charge in [-0.15, -0.1) is 10.2 Å². The van der Waals surface area contributed by atoms with Gasteiger partial charge in [-0.25, -0.2) is 0 Å². The van der Waals surface area contributed by atoms with Crippen molar-refractivity contribution in [1.29, 1.82) is 0 Å². The van der Waals surface area contributed by atoms with Crippen molar-refractivity contribution in [2.75, 3.05) is 6.61 Å². The van der Waals surface area contributed by atoms with E-state index >= 15 is 0 Å². The van der Waals surface area contributed by atoms with Crippen LogP contribution in [0.1, 0.15) is 13.8 Å². The second kappa shape index (κ2) is 8.89. The maximum Gasteiger partial charge on any atom is 0.302 e. The molecule has 158 valence electrons. The fourth-order valence-corrected chi connectivity index (χ4v) is 3.86. The minimum Gasteiger partial charge on any atom is -0.493 e. The lowest BCUT2D eigenvalue weighted by molar-refractivity contribution is -0.120. The number of amides is 1. The third-order valence-corrected chi connectivity index (χ3v) is 5.36. The molecule has 0 bridgehead atoms. The zero-order valence-corrected chi connectivity index (χ0v) is 18.8. The summed E-state index contributed by atoms with van der Waals surface area (Å²) < 4.78 is 8.38. The van der Waals surface area contributed by atoms with Crippen molar-refractivity contribution in [2.45, 2.75) is 20.4 Å². The topological polar surface area (TPSA) is 76.2 Å². The predicted molar refractivity (Wildman–Crippen MR) is 125 cm³/mol. The zero-order valence-electron chi connectivity index (χ0n) is 17.2. The highest BCUT2D eigenvalue weighted by Crippen LogP contribution is 2.39. The van der Waals surface area contributed by atoms with Gasteiger partial charge in [-0.2, -0.15) is 0 Å². The number of fused-ring (bicyclic) bond motifs is 2. The second-order valence-corrected chi connectivity index (χ2v) is 8.65. The molecule has 7 heteroatoms. The molecule has 0 fully saturated rings. The van der Waals surface area contributed by atoms with E-state index in [4.69, 9.17) is 4.74 Å². The molecule has 3 aromatic carbocycles. The normalized spacial score (nSPS) is 11.7. The zero-order chi connectivity index (χ0) is 22.0. The number of rotatable bonds is 6. The van der Waals surface area contributed by atoms with Crippen LogP contribution < -0.4 is 4.74 Å². The van der Waals surface area contributed by atoms with Gasteiger partial charge in [0.2, 0.25) is 5.88 Å². The standard InChI is InChI=1S/C24H22BrN3O3/c1-15(2)13-28-21-6-4-3-5-20(21)23(24(28)30)27-26-22(29)14-31-19-10-8-16-11-18(25)9-7-17(16)12-19/h3-12,15,30H,13-14H2,1-2H3. The van der Waals surface area contributed by atoms with Gasteiger partial charge in [0, 0.05) is 16.4 Å². The van der Waals surface area contributed by atoms with E-state index < -0.39 is 5.91 Å². The lowest BCUT2D eigenvalue weighted by atomic mass is 10.1. The fourth-order valence-electron chi connectivity index (χ4n) is 3.48. The van der Waals surface area contributed by atoms with Crippen LogP contribution in [0.5, 0.6) is 11.6 Å². The highest BCUT2D eigenvalue weighted by Gasteiger charge is 2.17. The summed E-state index contributed by atoms with van der Waals surface area (Å²) in [4.78, 5) is 12.2. The summed E-state index contributed by atoms with van der Waals surface area (Å²) in [6.45, 7) is 4.54. The Morgan fingerprint density at radius 3 is 2.65 bits per heavy atom. The minimum atomic E-state index is -0.531. The third-order valence-electron chi connectivity index (χ3n) is 4.86. The number of halogens is 1. The van der Waals surface area contributed by atoms with Crippen molar-refractivity contribution in [3.63, 3.8) is 0 Å². The van der Waals surface area contributed by atoms with Gasteiger partial charge in [-0.05, 0) is 47.0 Å². The van der Waals surface area contributed by atoms with E-state index in [0.717, 1.165) is 26.1 Å². The number of aromatic nitrogens is 1. The van der Waals surface area contributed by atoms with Gasteiger partial charge in [0.1, 0.15) is 5.75 Å². The van der Waals surface area contributed by atoms with Crippen molar-refractivity contribution in [2.24, 2.45) is 16.1 Å². The molecule has 6 nitrogen and oxygen atoms in total. The van der Waals surface area contributed by atoms with Crippen molar-refractivity contribution >= 4 is 49.2 Å². The Morgan fingerprint density at radius 1 is 1.10 bits per heavy atom. The number of hydrogen-bond donors (Lipinski definition) is 1. The third kappa shape index (κ3) is 4.61. The van der Waals surface area contributed by atoms with Gasteiger partial charge < -0.3 is 14.4 Å². The predicted octanol–water partition coefficient (Wildman–Crippen LogP) is 6.61. The molecule has 0 aliphatic rings. The van der Waals surface area contributed by atoms with E-state index in [1.165, 1.54) is 0 Å². The number of ether oxygens (including phenoxy) is 1. The van der Waals surface area contributed by atoms with Crippen LogP contribution >= 0.6 is 15.9 Å². The van der Waals surface area contributed by atoms with Crippen LogP contribution in [0, 0.1) is 5.92 Å². The molecule has 4 aromatic rings. The number of azo groups is 1. The molecule has 1 amide bonds. The van der Waals surface area contributed by atoms with Crippen LogP contribution in [-0.4, -0.2) is 22.2 Å². The number of para-hydroxylation sites is 1. The molecule has 0 radical (unpaired) electrons. The summed E-state index contributed by atoms with van der Waals surface area (Å²) in [5.74, 6) is 0.392. The molecule has 0 unspecified atom stereocenters. The van der Waals surface area contributed by atoms with E-state index in [9.17, 15) is 9.90 Å². The van der Waals surface area contributed by atoms with Crippen LogP contribution in [0.15, 0.2) is 75.4 Å². The molecular weight excluding hydrogens is 458 g/mol. The molecule has 4 rings (SSSR count). The van der Waals surface area contributed by atoms with Crippen molar-refractivity contribution < 1.29 is 14.6 Å². The summed E-state index contributed by atoms with van der Waals surface area (Å²) in [5, 5.41) is 21.3. The van der Waals surface area contributed by atoms with Crippen LogP contribution in [0.4, 0.5) is 5.69 Å². The first-order valence-corrected chi connectivity index (χ1v) is 10.8. The molecule has 0 aliphatic heterocycles.